The summed E-state index contributed by atoms with van der Waals surface area (Å²) in [5.74, 6) is 2.94. The first-order valence-corrected chi connectivity index (χ1v) is 14.3. The van der Waals surface area contributed by atoms with Gasteiger partial charge in [0.05, 0.1) is 36.5 Å². The van der Waals surface area contributed by atoms with E-state index in [1.807, 2.05) is 51.8 Å². The number of aromatic nitrogens is 3. The fourth-order valence-electron chi connectivity index (χ4n) is 4.63. The molecule has 6 N–H and O–H groups in total. The summed E-state index contributed by atoms with van der Waals surface area (Å²) in [6.45, 7) is 11.2. The number of rotatable bonds is 12. The molecule has 4 aromatic rings. The van der Waals surface area contributed by atoms with Gasteiger partial charge < -0.3 is 30.6 Å². The number of nitrogens with zero attached hydrogens (tertiary/aromatic N) is 3. The van der Waals surface area contributed by atoms with Crippen LogP contribution in [0.4, 0.5) is 5.82 Å². The molecular weight excluding hydrogens is 532 g/mol. The Bertz CT molecular complexity index is 1570. The molecule has 10 heteroatoms. The topological polar surface area (TPSA) is 148 Å². The van der Waals surface area contributed by atoms with E-state index in [1.165, 1.54) is 12.1 Å². The van der Waals surface area contributed by atoms with Crippen molar-refractivity contribution in [2.24, 2.45) is 0 Å². The second-order valence-electron chi connectivity index (χ2n) is 10.5. The molecule has 0 aliphatic heterocycles. The summed E-state index contributed by atoms with van der Waals surface area (Å²) in [4.78, 5) is 20.9. The number of aryl methyl sites for hydroxylation is 1. The first-order valence-electron chi connectivity index (χ1n) is 14.3. The van der Waals surface area contributed by atoms with Crippen LogP contribution in [0.1, 0.15) is 64.4 Å². The third-order valence-electron chi connectivity index (χ3n) is 6.57. The molecule has 10 nitrogen and oxygen atoms in total. The Balaban J connectivity index is 0.00000237. The monoisotopic (exact) mass is 574 g/mol. The molecule has 224 valence electrons. The highest BCUT2D eigenvalue weighted by Gasteiger charge is 2.20. The molecule has 0 fully saturated rings. The number of phenolic OH excluding ortho intramolecular Hbond substituents is 2. The zero-order valence-corrected chi connectivity index (χ0v) is 25.1. The number of terminal acetylenes is 1. The van der Waals surface area contributed by atoms with Crippen LogP contribution in [-0.4, -0.2) is 49.5 Å². The van der Waals surface area contributed by atoms with Crippen molar-refractivity contribution in [1.82, 2.24) is 25.2 Å². The van der Waals surface area contributed by atoms with Gasteiger partial charge in [0.25, 0.3) is 5.91 Å². The summed E-state index contributed by atoms with van der Waals surface area (Å²) >= 11 is 0. The summed E-state index contributed by atoms with van der Waals surface area (Å²) in [6.07, 6.45) is 7.83. The smallest absolute Gasteiger partial charge is 0.296 e. The summed E-state index contributed by atoms with van der Waals surface area (Å²) in [5.41, 5.74) is 9.58. The van der Waals surface area contributed by atoms with Gasteiger partial charge >= 0.3 is 0 Å². The SMILES string of the molecule is C#CC(=O)NC(C)(C)COCNCc1ccc2c(c1)nc(N)c1nc(CCCC)n(Cc3cc(O)ccc3O)c12.CC. The Morgan fingerprint density at radius 3 is 2.64 bits per heavy atom. The first kappa shape index (κ1) is 32.2. The van der Waals surface area contributed by atoms with Crippen molar-refractivity contribution >= 4 is 33.7 Å². The Morgan fingerprint density at radius 2 is 1.93 bits per heavy atom. The zero-order valence-electron chi connectivity index (χ0n) is 25.1. The molecule has 0 saturated heterocycles. The van der Waals surface area contributed by atoms with Gasteiger partial charge in [-0.15, -0.1) is 6.42 Å². The maximum absolute atomic E-state index is 11.4. The highest BCUT2D eigenvalue weighted by Crippen LogP contribution is 2.32. The maximum Gasteiger partial charge on any atom is 0.296 e. The number of unbranched alkanes of at least 4 members (excludes halogenated alkanes) is 1. The number of carbonyl (C=O) groups is 1. The largest absolute Gasteiger partial charge is 0.508 e. The van der Waals surface area contributed by atoms with Crippen LogP contribution in [0.25, 0.3) is 21.9 Å². The van der Waals surface area contributed by atoms with Crippen LogP contribution in [0, 0.1) is 12.3 Å². The van der Waals surface area contributed by atoms with E-state index >= 15 is 0 Å². The average molecular weight is 575 g/mol. The molecule has 0 saturated carbocycles. The van der Waals surface area contributed by atoms with Crippen LogP contribution in [0.3, 0.4) is 0 Å². The Labute approximate surface area is 247 Å². The standard InChI is InChI=1S/C30H36N6O4.C2H6/c1-5-7-8-25-34-27-28(36(25)16-20-14-21(37)10-12-24(20)38)22-11-9-19(13-23(22)33-29(27)31)15-32-18-40-17-30(3,4)35-26(39)6-2;1-2/h2,9-14,32,37-38H,5,7-8,15-18H2,1,3-4H3,(H2,31,33)(H,35,39);1-2H3. The number of anilines is 1. The molecule has 2 aromatic heterocycles. The van der Waals surface area contributed by atoms with Crippen LogP contribution < -0.4 is 16.4 Å². The number of carbonyl (C=O) groups excluding carboxylic acids is 1. The lowest BCUT2D eigenvalue weighted by Gasteiger charge is -2.24. The molecule has 42 heavy (non-hydrogen) atoms. The molecule has 2 heterocycles. The van der Waals surface area contributed by atoms with Gasteiger partial charge in [-0.1, -0.05) is 39.3 Å². The minimum Gasteiger partial charge on any atom is -0.508 e. The summed E-state index contributed by atoms with van der Waals surface area (Å²) < 4.78 is 7.74. The second kappa shape index (κ2) is 14.5. The minimum atomic E-state index is -0.588. The number of hydrogen-bond acceptors (Lipinski definition) is 8. The number of nitrogen functional groups attached to an aromatic ring is 1. The van der Waals surface area contributed by atoms with E-state index in [4.69, 9.17) is 21.9 Å². The van der Waals surface area contributed by atoms with Crippen molar-refractivity contribution in [2.75, 3.05) is 19.1 Å². The maximum atomic E-state index is 11.4. The number of pyridine rings is 1. The Kier molecular flexibility index (Phi) is 11.1. The molecule has 0 unspecified atom stereocenters. The molecule has 0 atom stereocenters. The van der Waals surface area contributed by atoms with Crippen LogP contribution in [0.2, 0.25) is 0 Å². The van der Waals surface area contributed by atoms with E-state index in [1.54, 1.807) is 6.07 Å². The van der Waals surface area contributed by atoms with Gasteiger partial charge in [0.1, 0.15) is 22.8 Å². The van der Waals surface area contributed by atoms with Crippen molar-refractivity contribution in [2.45, 2.75) is 72.5 Å². The van der Waals surface area contributed by atoms with E-state index in [0.717, 1.165) is 47.1 Å². The molecule has 0 aliphatic rings. The van der Waals surface area contributed by atoms with Crippen molar-refractivity contribution in [1.29, 1.82) is 0 Å². The third kappa shape index (κ3) is 7.90. The van der Waals surface area contributed by atoms with Gasteiger partial charge in [-0.2, -0.15) is 0 Å². The quantitative estimate of drug-likeness (QED) is 0.0715. The number of benzene rings is 2. The number of phenols is 2. The molecule has 2 aromatic carbocycles. The third-order valence-corrected chi connectivity index (χ3v) is 6.57. The summed E-state index contributed by atoms with van der Waals surface area (Å²) in [7, 11) is 0. The summed E-state index contributed by atoms with van der Waals surface area (Å²) in [6, 6.07) is 10.5. The molecule has 0 radical (unpaired) electrons. The van der Waals surface area contributed by atoms with Gasteiger partial charge in [-0.05, 0) is 56.0 Å². The number of nitrogens with two attached hydrogens (primary N) is 1. The van der Waals surface area contributed by atoms with Crippen molar-refractivity contribution in [3.8, 4) is 23.8 Å². The van der Waals surface area contributed by atoms with E-state index in [9.17, 15) is 15.0 Å². The van der Waals surface area contributed by atoms with E-state index in [0.29, 0.717) is 36.6 Å². The van der Waals surface area contributed by atoms with Gasteiger partial charge in [0.15, 0.2) is 5.82 Å². The lowest BCUT2D eigenvalue weighted by molar-refractivity contribution is -0.118. The fourth-order valence-corrected chi connectivity index (χ4v) is 4.63. The minimum absolute atomic E-state index is 0.0837. The van der Waals surface area contributed by atoms with Crippen LogP contribution in [-0.2, 0) is 29.0 Å². The molecule has 4 rings (SSSR count). The number of ether oxygens (including phenoxy) is 1. The lowest BCUT2D eigenvalue weighted by Crippen LogP contribution is -2.47. The molecule has 1 amide bonds. The fraction of sp³-hybridized carbons (Fsp3) is 0.406. The van der Waals surface area contributed by atoms with E-state index in [2.05, 4.69) is 27.1 Å². The van der Waals surface area contributed by atoms with Gasteiger partial charge in [0, 0.05) is 23.9 Å². The van der Waals surface area contributed by atoms with Crippen LogP contribution in [0.15, 0.2) is 36.4 Å². The molecular formula is C32H42N6O4. The normalized spacial score (nSPS) is 11.2. The van der Waals surface area contributed by atoms with Crippen molar-refractivity contribution in [3.63, 3.8) is 0 Å². The highest BCUT2D eigenvalue weighted by molar-refractivity contribution is 6.06. The molecule has 0 bridgehead atoms. The molecule has 0 aliphatic carbocycles. The number of nitrogens with one attached hydrogen (secondary N) is 2. The van der Waals surface area contributed by atoms with Crippen molar-refractivity contribution < 1.29 is 19.7 Å². The number of fused-ring (bicyclic) bond motifs is 3. The zero-order chi connectivity index (χ0) is 30.9. The highest BCUT2D eigenvalue weighted by atomic mass is 16.5. The van der Waals surface area contributed by atoms with E-state index < -0.39 is 11.4 Å². The van der Waals surface area contributed by atoms with Gasteiger partial charge in [0.2, 0.25) is 0 Å². The van der Waals surface area contributed by atoms with Crippen LogP contribution in [0.5, 0.6) is 11.5 Å². The lowest BCUT2D eigenvalue weighted by atomic mass is 10.1. The first-order chi connectivity index (χ1) is 20.1. The van der Waals surface area contributed by atoms with Crippen molar-refractivity contribution in [3.05, 3.63) is 53.3 Å². The Morgan fingerprint density at radius 1 is 1.17 bits per heavy atom. The predicted molar refractivity (Wildman–Crippen MR) is 167 cm³/mol. The second-order valence-corrected chi connectivity index (χ2v) is 10.5. The number of imidazole rings is 1. The predicted octanol–water partition coefficient (Wildman–Crippen LogP) is 4.59. The van der Waals surface area contributed by atoms with Crippen LogP contribution >= 0.6 is 0 Å². The summed E-state index contributed by atoms with van der Waals surface area (Å²) in [5, 5.41) is 27.3. The van der Waals surface area contributed by atoms with Gasteiger partial charge in [-0.25, -0.2) is 9.97 Å². The number of aromatic hydroxyl groups is 2. The van der Waals surface area contributed by atoms with E-state index in [-0.39, 0.29) is 18.2 Å². The van der Waals surface area contributed by atoms with Gasteiger partial charge in [-0.3, -0.25) is 10.1 Å². The average Bonchev–Trinajstić information content (AvgIpc) is 3.33. The number of hydrogen-bond donors (Lipinski definition) is 5. The number of amides is 1. The Hall–Kier alpha value is -4.33. The molecule has 0 spiro atoms.